The maximum atomic E-state index is 13.2. The summed E-state index contributed by atoms with van der Waals surface area (Å²) in [6.45, 7) is 0.1000. The first-order valence-corrected chi connectivity index (χ1v) is 12.4. The van der Waals surface area contributed by atoms with E-state index in [9.17, 15) is 31.9 Å². The van der Waals surface area contributed by atoms with Gasteiger partial charge in [0.1, 0.15) is 18.0 Å². The average molecular weight is 675 g/mol. The van der Waals surface area contributed by atoms with Crippen LogP contribution in [-0.4, -0.2) is 25.0 Å². The average Bonchev–Trinajstić information content (AvgIpc) is 2.87. The van der Waals surface area contributed by atoms with Crippen molar-refractivity contribution in [3.8, 4) is 11.5 Å². The molecule has 1 saturated heterocycles. The zero-order chi connectivity index (χ0) is 28.5. The largest absolute Gasteiger partial charge is 0.493 e. The van der Waals surface area contributed by atoms with Crippen molar-refractivity contribution in [1.29, 1.82) is 0 Å². The molecule has 1 heterocycles. The standard InChI is InChI=1S/C26H16ClF4IN2O5/c1-38-21-10-14(9-19(32)22(21)39-12-13-2-5-16(28)6-3-13)8-17-23(35)33-25(37)34(24(17)36)20-11-15(26(29,30)31)4-7-18(20)27/h2-11H,12H2,1H3,(H,33,35,37)/b17-8+. The molecule has 3 aromatic carbocycles. The third-order valence-electron chi connectivity index (χ3n) is 5.48. The Morgan fingerprint density at radius 3 is 2.38 bits per heavy atom. The van der Waals surface area contributed by atoms with E-state index in [1.165, 1.54) is 25.3 Å². The number of hydrogen-bond donors (Lipinski definition) is 1. The number of ether oxygens (including phenoxy) is 2. The Morgan fingerprint density at radius 2 is 1.74 bits per heavy atom. The Morgan fingerprint density at radius 1 is 1.05 bits per heavy atom. The van der Waals surface area contributed by atoms with Gasteiger partial charge in [0.15, 0.2) is 11.5 Å². The van der Waals surface area contributed by atoms with E-state index in [4.69, 9.17) is 21.1 Å². The number of halogens is 6. The molecule has 4 rings (SSSR count). The fraction of sp³-hybridized carbons (Fsp3) is 0.115. The predicted octanol–water partition coefficient (Wildman–Crippen LogP) is 6.36. The van der Waals surface area contributed by atoms with E-state index in [2.05, 4.69) is 0 Å². The van der Waals surface area contributed by atoms with Crippen LogP contribution in [0, 0.1) is 9.39 Å². The summed E-state index contributed by atoms with van der Waals surface area (Å²) in [5, 5.41) is 1.64. The maximum absolute atomic E-state index is 13.2. The molecule has 0 radical (unpaired) electrons. The van der Waals surface area contributed by atoms with Crippen molar-refractivity contribution in [3.05, 3.63) is 91.3 Å². The third-order valence-corrected chi connectivity index (χ3v) is 6.60. The number of imide groups is 2. The van der Waals surface area contributed by atoms with Gasteiger partial charge in [-0.1, -0.05) is 23.7 Å². The van der Waals surface area contributed by atoms with Crippen molar-refractivity contribution >= 4 is 63.8 Å². The number of nitrogens with one attached hydrogen (secondary N) is 1. The van der Waals surface area contributed by atoms with Gasteiger partial charge in [0.2, 0.25) is 0 Å². The third kappa shape index (κ3) is 6.17. The van der Waals surface area contributed by atoms with Gasteiger partial charge < -0.3 is 9.47 Å². The minimum Gasteiger partial charge on any atom is -0.493 e. The van der Waals surface area contributed by atoms with Crippen LogP contribution >= 0.6 is 34.2 Å². The summed E-state index contributed by atoms with van der Waals surface area (Å²) in [6, 6.07) is 9.64. The lowest BCUT2D eigenvalue weighted by Gasteiger charge is -2.27. The second-order valence-corrected chi connectivity index (χ2v) is 9.64. The summed E-state index contributed by atoms with van der Waals surface area (Å²) < 4.78 is 64.6. The summed E-state index contributed by atoms with van der Waals surface area (Å²) in [6.07, 6.45) is -3.61. The molecular weight excluding hydrogens is 659 g/mol. The molecule has 13 heteroatoms. The van der Waals surface area contributed by atoms with Crippen LogP contribution in [0.15, 0.2) is 60.2 Å². The van der Waals surface area contributed by atoms with Gasteiger partial charge in [-0.15, -0.1) is 0 Å². The monoisotopic (exact) mass is 674 g/mol. The highest BCUT2D eigenvalue weighted by molar-refractivity contribution is 14.1. The Hall–Kier alpha value is -3.65. The molecule has 4 amide bonds. The number of urea groups is 1. The Balaban J connectivity index is 1.67. The molecule has 1 N–H and O–H groups in total. The molecule has 0 unspecified atom stereocenters. The highest BCUT2D eigenvalue weighted by Crippen LogP contribution is 2.38. The van der Waals surface area contributed by atoms with Gasteiger partial charge in [-0.2, -0.15) is 13.2 Å². The molecular formula is C26H16ClF4IN2O5. The summed E-state index contributed by atoms with van der Waals surface area (Å²) in [5.41, 5.74) is -1.21. The molecule has 39 heavy (non-hydrogen) atoms. The van der Waals surface area contributed by atoms with Gasteiger partial charge in [0.25, 0.3) is 11.8 Å². The van der Waals surface area contributed by atoms with E-state index in [0.29, 0.717) is 37.5 Å². The molecule has 0 saturated carbocycles. The van der Waals surface area contributed by atoms with Crippen LogP contribution < -0.4 is 19.7 Å². The summed E-state index contributed by atoms with van der Waals surface area (Å²) in [4.78, 5) is 38.6. The molecule has 7 nitrogen and oxygen atoms in total. The quantitative estimate of drug-likeness (QED) is 0.143. The zero-order valence-corrected chi connectivity index (χ0v) is 22.7. The first-order chi connectivity index (χ1) is 18.4. The van der Waals surface area contributed by atoms with E-state index in [1.807, 2.05) is 27.9 Å². The summed E-state index contributed by atoms with van der Waals surface area (Å²) in [7, 11) is 1.38. The van der Waals surface area contributed by atoms with Crippen molar-refractivity contribution in [2.45, 2.75) is 12.8 Å². The Kier molecular flexibility index (Phi) is 8.16. The number of rotatable bonds is 6. The van der Waals surface area contributed by atoms with Crippen molar-refractivity contribution in [1.82, 2.24) is 5.32 Å². The molecule has 202 valence electrons. The van der Waals surface area contributed by atoms with Gasteiger partial charge in [0, 0.05) is 0 Å². The molecule has 0 spiro atoms. The first kappa shape index (κ1) is 28.4. The number of benzene rings is 3. The second-order valence-electron chi connectivity index (χ2n) is 8.07. The number of methoxy groups -OCH3 is 1. The molecule has 0 aliphatic carbocycles. The van der Waals surface area contributed by atoms with Crippen LogP contribution in [0.1, 0.15) is 16.7 Å². The number of alkyl halides is 3. The van der Waals surface area contributed by atoms with Crippen LogP contribution in [0.3, 0.4) is 0 Å². The van der Waals surface area contributed by atoms with Crippen molar-refractivity contribution in [3.63, 3.8) is 0 Å². The molecule has 0 atom stereocenters. The second kappa shape index (κ2) is 11.2. The summed E-state index contributed by atoms with van der Waals surface area (Å²) in [5.74, 6) is -2.02. The molecule has 0 aromatic heterocycles. The van der Waals surface area contributed by atoms with Gasteiger partial charge in [-0.25, -0.2) is 14.1 Å². The van der Waals surface area contributed by atoms with Crippen molar-refractivity contribution < 1.29 is 41.4 Å². The van der Waals surface area contributed by atoms with Crippen LogP contribution in [0.2, 0.25) is 5.02 Å². The number of nitrogens with zero attached hydrogens (tertiary/aromatic N) is 1. The van der Waals surface area contributed by atoms with E-state index >= 15 is 0 Å². The van der Waals surface area contributed by atoms with Gasteiger partial charge in [-0.3, -0.25) is 14.9 Å². The smallest absolute Gasteiger partial charge is 0.416 e. The molecule has 1 aliphatic rings. The highest BCUT2D eigenvalue weighted by Gasteiger charge is 2.39. The van der Waals surface area contributed by atoms with Gasteiger partial charge >= 0.3 is 12.2 Å². The first-order valence-electron chi connectivity index (χ1n) is 10.9. The number of amides is 4. The van der Waals surface area contributed by atoms with Crippen molar-refractivity contribution in [2.75, 3.05) is 12.0 Å². The minimum atomic E-state index is -4.77. The lowest BCUT2D eigenvalue weighted by molar-refractivity contribution is -0.137. The maximum Gasteiger partial charge on any atom is 0.416 e. The van der Waals surface area contributed by atoms with E-state index in [1.54, 1.807) is 18.2 Å². The van der Waals surface area contributed by atoms with Crippen LogP contribution in [-0.2, 0) is 22.4 Å². The topological polar surface area (TPSA) is 84.9 Å². The predicted molar refractivity (Wildman–Crippen MR) is 142 cm³/mol. The fourth-order valence-electron chi connectivity index (χ4n) is 3.60. The zero-order valence-electron chi connectivity index (χ0n) is 19.7. The van der Waals surface area contributed by atoms with E-state index in [-0.39, 0.29) is 23.2 Å². The normalized spacial score (nSPS) is 15.0. The van der Waals surface area contributed by atoms with Crippen LogP contribution in [0.25, 0.3) is 6.08 Å². The van der Waals surface area contributed by atoms with Crippen LogP contribution in [0.4, 0.5) is 28.0 Å². The number of anilines is 1. The number of hydrogen-bond acceptors (Lipinski definition) is 5. The minimum absolute atomic E-state index is 0.1000. The van der Waals surface area contributed by atoms with Gasteiger partial charge in [-0.05, 0) is 82.3 Å². The van der Waals surface area contributed by atoms with E-state index < -0.39 is 40.8 Å². The Bertz CT molecular complexity index is 1510. The number of carbonyl (C=O) groups excluding carboxylic acids is 3. The molecule has 1 aliphatic heterocycles. The lowest BCUT2D eigenvalue weighted by Crippen LogP contribution is -2.54. The molecule has 3 aromatic rings. The van der Waals surface area contributed by atoms with Gasteiger partial charge in [0.05, 0.1) is 27.0 Å². The number of barbiturate groups is 1. The van der Waals surface area contributed by atoms with Crippen molar-refractivity contribution in [2.24, 2.45) is 0 Å². The molecule has 0 bridgehead atoms. The van der Waals surface area contributed by atoms with Crippen LogP contribution in [0.5, 0.6) is 11.5 Å². The molecule has 1 fully saturated rings. The summed E-state index contributed by atoms with van der Waals surface area (Å²) >= 11 is 7.97. The number of carbonyl (C=O) groups is 3. The Labute approximate surface area is 237 Å². The lowest BCUT2D eigenvalue weighted by atomic mass is 10.1. The SMILES string of the molecule is COc1cc(/C=C2\C(=O)NC(=O)N(c3cc(C(F)(F)F)ccc3Cl)C2=O)cc(I)c1OCc1ccc(F)cc1. The highest BCUT2D eigenvalue weighted by atomic mass is 127. The van der Waals surface area contributed by atoms with E-state index in [0.717, 1.165) is 12.1 Å². The fourth-order valence-corrected chi connectivity index (χ4v) is 4.59.